The largest absolute Gasteiger partial charge is 0.484 e. The molecule has 1 aliphatic rings. The number of hydrogen-bond acceptors (Lipinski definition) is 7. The number of hydrogen-bond donors (Lipinski definition) is 1. The van der Waals surface area contributed by atoms with Crippen molar-refractivity contribution in [2.24, 2.45) is 0 Å². The highest BCUT2D eigenvalue weighted by Gasteiger charge is 2.25. The normalized spacial score (nSPS) is 14.8. The highest BCUT2D eigenvalue weighted by atomic mass is 32.2. The van der Waals surface area contributed by atoms with Crippen LogP contribution in [-0.2, 0) is 19.6 Å². The van der Waals surface area contributed by atoms with Gasteiger partial charge in [0.1, 0.15) is 10.8 Å². The van der Waals surface area contributed by atoms with Crippen LogP contribution in [0.15, 0.2) is 40.6 Å². The van der Waals surface area contributed by atoms with Gasteiger partial charge in [-0.15, -0.1) is 11.3 Å². The molecule has 1 aliphatic heterocycles. The monoisotopic (exact) mass is 452 g/mol. The van der Waals surface area contributed by atoms with Crippen LogP contribution in [0.1, 0.15) is 36.5 Å². The summed E-state index contributed by atoms with van der Waals surface area (Å²) in [4.78, 5) is 24.2. The summed E-state index contributed by atoms with van der Waals surface area (Å²) in [7, 11) is -3.51. The molecule has 0 spiro atoms. The second-order valence-electron chi connectivity index (χ2n) is 6.66. The van der Waals surface area contributed by atoms with Crippen LogP contribution in [0.25, 0.3) is 0 Å². The third-order valence-electron chi connectivity index (χ3n) is 4.56. The van der Waals surface area contributed by atoms with Crippen LogP contribution < -0.4 is 10.1 Å². The first-order valence-electron chi connectivity index (χ1n) is 9.69. The molecule has 0 unspecified atom stereocenters. The highest BCUT2D eigenvalue weighted by Crippen LogP contribution is 2.25. The zero-order chi connectivity index (χ0) is 21.6. The van der Waals surface area contributed by atoms with Crippen molar-refractivity contribution < 1.29 is 27.5 Å². The van der Waals surface area contributed by atoms with Gasteiger partial charge in [0.15, 0.2) is 6.61 Å². The molecule has 1 amide bonds. The van der Waals surface area contributed by atoms with Crippen LogP contribution in [0.5, 0.6) is 5.75 Å². The Morgan fingerprint density at radius 1 is 1.10 bits per heavy atom. The summed E-state index contributed by atoms with van der Waals surface area (Å²) in [6.45, 7) is 2.75. The Labute approximate surface area is 179 Å². The summed E-state index contributed by atoms with van der Waals surface area (Å²) >= 11 is 1.21. The van der Waals surface area contributed by atoms with Gasteiger partial charge in [-0.3, -0.25) is 4.79 Å². The number of carbonyl (C=O) groups is 2. The van der Waals surface area contributed by atoms with Crippen LogP contribution in [0.2, 0.25) is 0 Å². The molecule has 3 rings (SSSR count). The van der Waals surface area contributed by atoms with Gasteiger partial charge in [-0.25, -0.2) is 13.2 Å². The van der Waals surface area contributed by atoms with Crippen molar-refractivity contribution in [2.45, 2.75) is 31.1 Å². The van der Waals surface area contributed by atoms with E-state index in [4.69, 9.17) is 9.47 Å². The van der Waals surface area contributed by atoms with Gasteiger partial charge < -0.3 is 14.8 Å². The predicted molar refractivity (Wildman–Crippen MR) is 113 cm³/mol. The summed E-state index contributed by atoms with van der Waals surface area (Å²) in [6, 6.07) is 7.60. The number of carbonyl (C=O) groups excluding carboxylic acids is 2. The molecule has 0 radical (unpaired) electrons. The maximum atomic E-state index is 12.7. The van der Waals surface area contributed by atoms with Crippen molar-refractivity contribution in [1.82, 2.24) is 4.31 Å². The minimum Gasteiger partial charge on any atom is -0.484 e. The average Bonchev–Trinajstić information content (AvgIpc) is 3.21. The van der Waals surface area contributed by atoms with Crippen LogP contribution in [0.3, 0.4) is 0 Å². The Balaban J connectivity index is 1.56. The molecule has 30 heavy (non-hydrogen) atoms. The first-order valence-corrected chi connectivity index (χ1v) is 12.0. The Kier molecular flexibility index (Phi) is 7.46. The second-order valence-corrected chi connectivity index (χ2v) is 9.51. The highest BCUT2D eigenvalue weighted by molar-refractivity contribution is 7.89. The van der Waals surface area contributed by atoms with Crippen LogP contribution >= 0.6 is 11.3 Å². The van der Waals surface area contributed by atoms with E-state index in [0.29, 0.717) is 29.4 Å². The fourth-order valence-electron chi connectivity index (χ4n) is 3.05. The van der Waals surface area contributed by atoms with Crippen molar-refractivity contribution >= 4 is 38.2 Å². The molecule has 0 bridgehead atoms. The lowest BCUT2D eigenvalue weighted by Gasteiger charge is -2.25. The van der Waals surface area contributed by atoms with E-state index in [0.717, 1.165) is 19.3 Å². The van der Waals surface area contributed by atoms with E-state index in [2.05, 4.69) is 5.32 Å². The standard InChI is InChI=1S/C20H24N2O6S2/c1-2-27-20(24)17-10-13-29-19(17)21-18(23)14-28-15-6-8-16(9-7-15)30(25,26)22-11-4-3-5-12-22/h6-10,13H,2-5,11-12,14H2,1H3,(H,21,23). The number of nitrogens with one attached hydrogen (secondary N) is 1. The quantitative estimate of drug-likeness (QED) is 0.618. The topological polar surface area (TPSA) is 102 Å². The van der Waals surface area contributed by atoms with Gasteiger partial charge in [-0.2, -0.15) is 4.31 Å². The Morgan fingerprint density at radius 2 is 1.80 bits per heavy atom. The fraction of sp³-hybridized carbons (Fsp3) is 0.400. The molecule has 8 nitrogen and oxygen atoms in total. The van der Waals surface area contributed by atoms with E-state index in [1.807, 2.05) is 0 Å². The number of nitrogens with zero attached hydrogens (tertiary/aromatic N) is 1. The number of ether oxygens (including phenoxy) is 2. The van der Waals surface area contributed by atoms with Crippen molar-refractivity contribution in [3.63, 3.8) is 0 Å². The molecular weight excluding hydrogens is 428 g/mol. The smallest absolute Gasteiger partial charge is 0.341 e. The first kappa shape index (κ1) is 22.3. The number of benzene rings is 1. The Bertz CT molecular complexity index is 979. The van der Waals surface area contributed by atoms with Gasteiger partial charge in [0.25, 0.3) is 5.91 Å². The lowest BCUT2D eigenvalue weighted by atomic mass is 10.2. The number of piperidine rings is 1. The molecule has 1 fully saturated rings. The third-order valence-corrected chi connectivity index (χ3v) is 7.30. The van der Waals surface area contributed by atoms with Gasteiger partial charge in [-0.1, -0.05) is 6.42 Å². The maximum absolute atomic E-state index is 12.7. The van der Waals surface area contributed by atoms with Crippen LogP contribution in [0, 0.1) is 0 Å². The van der Waals surface area contributed by atoms with E-state index < -0.39 is 21.9 Å². The average molecular weight is 453 g/mol. The number of sulfonamides is 1. The lowest BCUT2D eigenvalue weighted by molar-refractivity contribution is -0.118. The summed E-state index contributed by atoms with van der Waals surface area (Å²) in [5.41, 5.74) is 0.294. The SMILES string of the molecule is CCOC(=O)c1ccsc1NC(=O)COc1ccc(S(=O)(=O)N2CCCCC2)cc1. The van der Waals surface area contributed by atoms with Gasteiger partial charge in [-0.05, 0) is 55.5 Å². The van der Waals surface area contributed by atoms with Crippen molar-refractivity contribution in [3.8, 4) is 5.75 Å². The van der Waals surface area contributed by atoms with E-state index in [-0.39, 0.29) is 18.1 Å². The second kappa shape index (κ2) is 10.1. The molecule has 10 heteroatoms. The summed E-state index contributed by atoms with van der Waals surface area (Å²) in [5.74, 6) is -0.562. The molecule has 0 saturated carbocycles. The number of anilines is 1. The predicted octanol–water partition coefficient (Wildman–Crippen LogP) is 3.12. The van der Waals surface area contributed by atoms with E-state index in [1.54, 1.807) is 18.4 Å². The van der Waals surface area contributed by atoms with Gasteiger partial charge >= 0.3 is 5.97 Å². The lowest BCUT2D eigenvalue weighted by Crippen LogP contribution is -2.35. The summed E-state index contributed by atoms with van der Waals surface area (Å²) < 4.78 is 37.2. The minimum absolute atomic E-state index is 0.207. The summed E-state index contributed by atoms with van der Waals surface area (Å²) in [5, 5.41) is 4.71. The van der Waals surface area contributed by atoms with Crippen molar-refractivity contribution in [1.29, 1.82) is 0 Å². The molecule has 162 valence electrons. The number of esters is 1. The molecule has 1 aromatic carbocycles. The maximum Gasteiger partial charge on any atom is 0.341 e. The Hall–Kier alpha value is -2.43. The molecular formula is C20H24N2O6S2. The Morgan fingerprint density at radius 3 is 2.47 bits per heavy atom. The molecule has 2 heterocycles. The summed E-state index contributed by atoms with van der Waals surface area (Å²) in [6.07, 6.45) is 2.79. The van der Waals surface area contributed by atoms with Crippen LogP contribution in [-0.4, -0.2) is 50.9 Å². The van der Waals surface area contributed by atoms with Gasteiger partial charge in [0, 0.05) is 13.1 Å². The van der Waals surface area contributed by atoms with Crippen molar-refractivity contribution in [3.05, 3.63) is 41.3 Å². The van der Waals surface area contributed by atoms with Crippen LogP contribution in [0.4, 0.5) is 5.00 Å². The minimum atomic E-state index is -3.51. The molecule has 0 atom stereocenters. The third kappa shape index (κ3) is 5.38. The number of rotatable bonds is 8. The molecule has 1 saturated heterocycles. The number of thiophene rings is 1. The molecule has 2 aromatic rings. The zero-order valence-corrected chi connectivity index (χ0v) is 18.3. The molecule has 0 aliphatic carbocycles. The number of amides is 1. The van der Waals surface area contributed by atoms with Gasteiger partial charge in [0.2, 0.25) is 10.0 Å². The molecule has 1 N–H and O–H groups in total. The fourth-order valence-corrected chi connectivity index (χ4v) is 5.36. The van der Waals surface area contributed by atoms with E-state index >= 15 is 0 Å². The van der Waals surface area contributed by atoms with Crippen molar-refractivity contribution in [2.75, 3.05) is 31.6 Å². The van der Waals surface area contributed by atoms with E-state index in [9.17, 15) is 18.0 Å². The zero-order valence-electron chi connectivity index (χ0n) is 16.6. The first-order chi connectivity index (χ1) is 14.4. The molecule has 1 aromatic heterocycles. The van der Waals surface area contributed by atoms with Gasteiger partial charge in [0.05, 0.1) is 17.1 Å². The van der Waals surface area contributed by atoms with E-state index in [1.165, 1.54) is 39.9 Å².